The lowest BCUT2D eigenvalue weighted by Gasteiger charge is -2.13. The van der Waals surface area contributed by atoms with E-state index in [-0.39, 0.29) is 12.2 Å². The van der Waals surface area contributed by atoms with Gasteiger partial charge >= 0.3 is 0 Å². The molecule has 1 rings (SSSR count). The standard InChI is InChI=1S/C15H19N3O4/c1-18(6-7-19)10-11(9-16)15(20)17-12-4-5-13(21-2)14(8-12)22-3/h4-5,8,10,19H,6-7H2,1-3H3,(H,17,20)/b11-10-. The maximum absolute atomic E-state index is 12.1. The first-order valence-corrected chi connectivity index (χ1v) is 6.52. The van der Waals surface area contributed by atoms with E-state index in [9.17, 15) is 4.79 Å². The maximum Gasteiger partial charge on any atom is 0.267 e. The Morgan fingerprint density at radius 3 is 2.64 bits per heavy atom. The number of amides is 1. The number of likely N-dealkylation sites (N-methyl/N-ethyl adjacent to an activating group) is 1. The summed E-state index contributed by atoms with van der Waals surface area (Å²) in [5.74, 6) is 0.471. The molecule has 0 fully saturated rings. The first-order chi connectivity index (χ1) is 10.5. The van der Waals surface area contributed by atoms with Crippen molar-refractivity contribution in [1.29, 1.82) is 5.26 Å². The average Bonchev–Trinajstić information content (AvgIpc) is 2.52. The van der Waals surface area contributed by atoms with Gasteiger partial charge in [-0.25, -0.2) is 0 Å². The minimum atomic E-state index is -0.542. The summed E-state index contributed by atoms with van der Waals surface area (Å²) in [6.45, 7) is 0.262. The van der Waals surface area contributed by atoms with Crippen LogP contribution in [0.5, 0.6) is 11.5 Å². The molecule has 0 radical (unpaired) electrons. The van der Waals surface area contributed by atoms with E-state index in [1.54, 1.807) is 30.1 Å². The molecule has 0 aromatic heterocycles. The highest BCUT2D eigenvalue weighted by Gasteiger charge is 2.12. The summed E-state index contributed by atoms with van der Waals surface area (Å²) in [5.41, 5.74) is 0.416. The number of rotatable bonds is 7. The zero-order valence-electron chi connectivity index (χ0n) is 12.8. The molecule has 1 aromatic carbocycles. The van der Waals surface area contributed by atoms with E-state index in [1.165, 1.54) is 20.4 Å². The van der Waals surface area contributed by atoms with Crippen molar-refractivity contribution < 1.29 is 19.4 Å². The Balaban J connectivity index is 2.89. The molecule has 1 amide bonds. The number of benzene rings is 1. The minimum Gasteiger partial charge on any atom is -0.493 e. The second-order valence-electron chi connectivity index (χ2n) is 4.38. The summed E-state index contributed by atoms with van der Waals surface area (Å²) >= 11 is 0. The maximum atomic E-state index is 12.1. The van der Waals surface area contributed by atoms with Gasteiger partial charge < -0.3 is 24.8 Å². The highest BCUT2D eigenvalue weighted by atomic mass is 16.5. The van der Waals surface area contributed by atoms with Gasteiger partial charge in [-0.2, -0.15) is 5.26 Å². The van der Waals surface area contributed by atoms with Crippen molar-refractivity contribution in [2.45, 2.75) is 0 Å². The molecule has 0 aliphatic carbocycles. The fraction of sp³-hybridized carbons (Fsp3) is 0.333. The van der Waals surface area contributed by atoms with Crippen LogP contribution in [-0.2, 0) is 4.79 Å². The number of ether oxygens (including phenoxy) is 2. The first-order valence-electron chi connectivity index (χ1n) is 6.52. The molecule has 0 bridgehead atoms. The van der Waals surface area contributed by atoms with Crippen LogP contribution in [0.25, 0.3) is 0 Å². The number of hydrogen-bond acceptors (Lipinski definition) is 6. The van der Waals surface area contributed by atoms with Gasteiger partial charge in [0, 0.05) is 31.5 Å². The molecule has 7 nitrogen and oxygen atoms in total. The third-order valence-corrected chi connectivity index (χ3v) is 2.81. The third-order valence-electron chi connectivity index (χ3n) is 2.81. The number of aliphatic hydroxyl groups excluding tert-OH is 1. The molecule has 118 valence electrons. The fourth-order valence-electron chi connectivity index (χ4n) is 1.69. The van der Waals surface area contributed by atoms with E-state index in [0.717, 1.165) is 0 Å². The lowest BCUT2D eigenvalue weighted by atomic mass is 10.2. The van der Waals surface area contributed by atoms with Crippen LogP contribution in [0.3, 0.4) is 0 Å². The van der Waals surface area contributed by atoms with E-state index < -0.39 is 5.91 Å². The number of carbonyl (C=O) groups excluding carboxylic acids is 1. The van der Waals surface area contributed by atoms with Gasteiger partial charge in [0.1, 0.15) is 11.6 Å². The number of methoxy groups -OCH3 is 2. The van der Waals surface area contributed by atoms with Crippen LogP contribution in [0.15, 0.2) is 30.0 Å². The number of carbonyl (C=O) groups is 1. The minimum absolute atomic E-state index is 0.0641. The molecule has 0 saturated heterocycles. The van der Waals surface area contributed by atoms with Gasteiger partial charge in [-0.1, -0.05) is 0 Å². The predicted octanol–water partition coefficient (Wildman–Crippen LogP) is 0.974. The van der Waals surface area contributed by atoms with Gasteiger partial charge in [-0.05, 0) is 12.1 Å². The Morgan fingerprint density at radius 1 is 1.41 bits per heavy atom. The summed E-state index contributed by atoms with van der Waals surface area (Å²) in [6.07, 6.45) is 1.38. The zero-order valence-corrected chi connectivity index (χ0v) is 12.8. The Bertz CT molecular complexity index is 593. The quantitative estimate of drug-likeness (QED) is 0.576. The number of aliphatic hydroxyl groups is 1. The van der Waals surface area contributed by atoms with E-state index in [0.29, 0.717) is 23.7 Å². The van der Waals surface area contributed by atoms with Gasteiger partial charge in [0.25, 0.3) is 5.91 Å². The second-order valence-corrected chi connectivity index (χ2v) is 4.38. The van der Waals surface area contributed by atoms with Crippen molar-refractivity contribution in [2.24, 2.45) is 0 Å². The lowest BCUT2D eigenvalue weighted by Crippen LogP contribution is -2.20. The normalized spacial score (nSPS) is 10.6. The smallest absolute Gasteiger partial charge is 0.267 e. The van der Waals surface area contributed by atoms with E-state index in [1.807, 2.05) is 6.07 Å². The molecule has 0 aliphatic rings. The molecule has 22 heavy (non-hydrogen) atoms. The Hall–Kier alpha value is -2.72. The largest absolute Gasteiger partial charge is 0.493 e. The molecule has 0 atom stereocenters. The molecular formula is C15H19N3O4. The van der Waals surface area contributed by atoms with Gasteiger partial charge in [-0.3, -0.25) is 4.79 Å². The highest BCUT2D eigenvalue weighted by Crippen LogP contribution is 2.29. The molecular weight excluding hydrogens is 286 g/mol. The van der Waals surface area contributed by atoms with Crippen LogP contribution in [0.2, 0.25) is 0 Å². The van der Waals surface area contributed by atoms with Crippen LogP contribution in [0, 0.1) is 11.3 Å². The molecule has 1 aromatic rings. The number of anilines is 1. The van der Waals surface area contributed by atoms with Crippen LogP contribution in [-0.4, -0.2) is 50.3 Å². The highest BCUT2D eigenvalue weighted by molar-refractivity contribution is 6.06. The van der Waals surface area contributed by atoms with Crippen molar-refractivity contribution in [3.63, 3.8) is 0 Å². The van der Waals surface area contributed by atoms with Crippen molar-refractivity contribution >= 4 is 11.6 Å². The van der Waals surface area contributed by atoms with Crippen molar-refractivity contribution in [1.82, 2.24) is 4.90 Å². The van der Waals surface area contributed by atoms with Crippen LogP contribution in [0.4, 0.5) is 5.69 Å². The van der Waals surface area contributed by atoms with Crippen molar-refractivity contribution in [2.75, 3.05) is 39.7 Å². The van der Waals surface area contributed by atoms with Crippen LogP contribution >= 0.6 is 0 Å². The predicted molar refractivity (Wildman–Crippen MR) is 81.6 cm³/mol. The third kappa shape index (κ3) is 4.68. The van der Waals surface area contributed by atoms with Gasteiger partial charge in [0.05, 0.1) is 20.8 Å². The molecule has 0 saturated carbocycles. The topological polar surface area (TPSA) is 94.8 Å². The van der Waals surface area contributed by atoms with Gasteiger partial charge in [0.15, 0.2) is 11.5 Å². The first kappa shape index (κ1) is 17.3. The Morgan fingerprint density at radius 2 is 2.09 bits per heavy atom. The fourth-order valence-corrected chi connectivity index (χ4v) is 1.69. The average molecular weight is 305 g/mol. The molecule has 0 unspecified atom stereocenters. The summed E-state index contributed by atoms with van der Waals surface area (Å²) < 4.78 is 10.3. The van der Waals surface area contributed by atoms with Crippen LogP contribution < -0.4 is 14.8 Å². The van der Waals surface area contributed by atoms with Gasteiger partial charge in [0.2, 0.25) is 0 Å². The van der Waals surface area contributed by atoms with E-state index >= 15 is 0 Å². The molecule has 0 aliphatic heterocycles. The van der Waals surface area contributed by atoms with E-state index in [2.05, 4.69) is 5.32 Å². The van der Waals surface area contributed by atoms with Crippen molar-refractivity contribution in [3.05, 3.63) is 30.0 Å². The number of nitrogens with zero attached hydrogens (tertiary/aromatic N) is 2. The number of nitriles is 1. The summed E-state index contributed by atoms with van der Waals surface area (Å²) in [7, 11) is 4.68. The summed E-state index contributed by atoms with van der Waals surface area (Å²) in [5, 5.41) is 20.5. The Kier molecular flexibility index (Phi) is 6.73. The Labute approximate surface area is 129 Å². The number of nitrogens with one attached hydrogen (secondary N) is 1. The summed E-state index contributed by atoms with van der Waals surface area (Å²) in [4.78, 5) is 13.6. The zero-order chi connectivity index (χ0) is 16.5. The monoisotopic (exact) mass is 305 g/mol. The second kappa shape index (κ2) is 8.54. The molecule has 0 heterocycles. The van der Waals surface area contributed by atoms with Gasteiger partial charge in [-0.15, -0.1) is 0 Å². The molecule has 0 spiro atoms. The SMILES string of the molecule is COc1ccc(NC(=O)/C(C#N)=C\N(C)CCO)cc1OC. The van der Waals surface area contributed by atoms with Crippen LogP contribution in [0.1, 0.15) is 0 Å². The van der Waals surface area contributed by atoms with E-state index in [4.69, 9.17) is 19.8 Å². The van der Waals surface area contributed by atoms with Crippen molar-refractivity contribution in [3.8, 4) is 17.6 Å². The number of hydrogen-bond donors (Lipinski definition) is 2. The molecule has 2 N–H and O–H groups in total. The lowest BCUT2D eigenvalue weighted by molar-refractivity contribution is -0.112. The molecule has 7 heteroatoms. The summed E-state index contributed by atoms with van der Waals surface area (Å²) in [6, 6.07) is 6.73.